The molecule has 0 aliphatic carbocycles. The van der Waals surface area contributed by atoms with Crippen molar-refractivity contribution in [3.8, 4) is 11.4 Å². The molecule has 0 radical (unpaired) electrons. The zero-order chi connectivity index (χ0) is 27.1. The van der Waals surface area contributed by atoms with E-state index in [1.54, 1.807) is 19.0 Å². The van der Waals surface area contributed by atoms with Gasteiger partial charge in [-0.1, -0.05) is 55.4 Å². The number of hydrogen-bond donors (Lipinski definition) is 2. The quantitative estimate of drug-likeness (QED) is 0.352. The van der Waals surface area contributed by atoms with Gasteiger partial charge < -0.3 is 20.1 Å². The molecule has 0 fully saturated rings. The molecule has 2 amide bonds. The van der Waals surface area contributed by atoms with Gasteiger partial charge in [-0.2, -0.15) is 4.98 Å². The second-order valence-electron chi connectivity index (χ2n) is 9.40. The number of nitrogens with zero attached hydrogens (tertiary/aromatic N) is 5. The van der Waals surface area contributed by atoms with E-state index in [0.717, 1.165) is 29.8 Å². The summed E-state index contributed by atoms with van der Waals surface area (Å²) in [7, 11) is 1.79. The van der Waals surface area contributed by atoms with Gasteiger partial charge in [0.1, 0.15) is 0 Å². The molecule has 202 valence electrons. The smallest absolute Gasteiger partial charge is 0.256 e. The first kappa shape index (κ1) is 27.3. The number of rotatable bonds is 12. The Bertz CT molecular complexity index is 1230. The van der Waals surface area contributed by atoms with Gasteiger partial charge >= 0.3 is 0 Å². The highest BCUT2D eigenvalue weighted by molar-refractivity contribution is 5.87. The second-order valence-corrected chi connectivity index (χ2v) is 9.40. The summed E-state index contributed by atoms with van der Waals surface area (Å²) in [5, 5.41) is 13.9. The predicted molar refractivity (Wildman–Crippen MR) is 146 cm³/mol. The van der Waals surface area contributed by atoms with Crippen LogP contribution in [-0.2, 0) is 29.1 Å². The summed E-state index contributed by atoms with van der Waals surface area (Å²) in [6, 6.07) is 14.1. The van der Waals surface area contributed by atoms with Crippen molar-refractivity contribution < 1.29 is 14.1 Å². The minimum absolute atomic E-state index is 0.0473. The number of likely N-dealkylation sites (N-methyl/N-ethyl adjacent to an activating group) is 2. The molecule has 1 aliphatic rings. The van der Waals surface area contributed by atoms with Crippen LogP contribution >= 0.6 is 0 Å². The summed E-state index contributed by atoms with van der Waals surface area (Å²) in [6.07, 6.45) is 0.741. The lowest BCUT2D eigenvalue weighted by Crippen LogP contribution is -2.48. The normalized spacial score (nSPS) is 12.8. The van der Waals surface area contributed by atoms with E-state index in [1.165, 1.54) is 11.1 Å². The van der Waals surface area contributed by atoms with Gasteiger partial charge in [0.15, 0.2) is 0 Å². The predicted octanol–water partition coefficient (Wildman–Crippen LogP) is 2.53. The summed E-state index contributed by atoms with van der Waals surface area (Å²) >= 11 is 0. The second kappa shape index (κ2) is 12.7. The molecule has 0 saturated carbocycles. The molecule has 0 atom stereocenters. The van der Waals surface area contributed by atoms with Crippen LogP contribution in [0.1, 0.15) is 36.4 Å². The Hall–Kier alpha value is -3.76. The van der Waals surface area contributed by atoms with Crippen molar-refractivity contribution in [2.75, 3.05) is 44.7 Å². The maximum Gasteiger partial charge on any atom is 0.256 e. The van der Waals surface area contributed by atoms with E-state index in [4.69, 9.17) is 4.52 Å². The highest BCUT2D eigenvalue weighted by atomic mass is 16.5. The molecule has 0 saturated heterocycles. The average Bonchev–Trinajstić information content (AvgIpc) is 3.56. The van der Waals surface area contributed by atoms with Crippen LogP contribution in [0.25, 0.3) is 11.4 Å². The van der Waals surface area contributed by atoms with Crippen LogP contribution in [0.4, 0.5) is 5.69 Å². The highest BCUT2D eigenvalue weighted by Gasteiger charge is 2.27. The van der Waals surface area contributed by atoms with Gasteiger partial charge in [0.05, 0.1) is 13.1 Å². The molecule has 2 aromatic carbocycles. The molecule has 2 N–H and O–H groups in total. The monoisotopic (exact) mass is 519 g/mol. The Balaban J connectivity index is 1.56. The number of aryl methyl sites for hydroxylation is 2. The third-order valence-corrected chi connectivity index (χ3v) is 6.74. The molecular formula is C28H37N7O3. The molecule has 10 heteroatoms. The van der Waals surface area contributed by atoms with Crippen LogP contribution in [0, 0.1) is 6.92 Å². The number of benzene rings is 2. The Morgan fingerprint density at radius 2 is 1.79 bits per heavy atom. The molecular weight excluding hydrogens is 482 g/mol. The fourth-order valence-electron chi connectivity index (χ4n) is 4.59. The van der Waals surface area contributed by atoms with Gasteiger partial charge in [0.25, 0.3) is 5.91 Å². The Labute approximate surface area is 224 Å². The largest absolute Gasteiger partial charge is 0.353 e. The molecule has 0 unspecified atom stereocenters. The Morgan fingerprint density at radius 1 is 1.05 bits per heavy atom. The van der Waals surface area contributed by atoms with E-state index in [-0.39, 0.29) is 24.9 Å². The first-order valence-electron chi connectivity index (χ1n) is 13.1. The topological polar surface area (TPSA) is 107 Å². The summed E-state index contributed by atoms with van der Waals surface area (Å²) in [5.74, 6) is 0.706. The number of aromatic nitrogens is 2. The summed E-state index contributed by atoms with van der Waals surface area (Å²) < 4.78 is 5.17. The number of carbonyl (C=O) groups is 2. The molecule has 0 bridgehead atoms. The first-order chi connectivity index (χ1) is 18.4. The minimum Gasteiger partial charge on any atom is -0.353 e. The number of nitrogens with one attached hydrogen (secondary N) is 2. The SMILES string of the molecule is CCNCCNC(=O)CN(CC(=O)N(C)N1Cc2ccccc2C1)c1cc(-c2noc(C)n2)ccc1CC. The number of anilines is 1. The zero-order valence-corrected chi connectivity index (χ0v) is 22.7. The fourth-order valence-corrected chi connectivity index (χ4v) is 4.59. The average molecular weight is 520 g/mol. The van der Waals surface area contributed by atoms with Crippen LogP contribution in [0.3, 0.4) is 0 Å². The third-order valence-electron chi connectivity index (χ3n) is 6.74. The van der Waals surface area contributed by atoms with Crippen molar-refractivity contribution >= 4 is 17.5 Å². The van der Waals surface area contributed by atoms with Gasteiger partial charge in [-0.05, 0) is 35.7 Å². The van der Waals surface area contributed by atoms with Gasteiger partial charge in [0.2, 0.25) is 17.6 Å². The lowest BCUT2D eigenvalue weighted by atomic mass is 10.0. The molecule has 0 spiro atoms. The zero-order valence-electron chi connectivity index (χ0n) is 22.7. The molecule has 2 heterocycles. The maximum atomic E-state index is 13.6. The van der Waals surface area contributed by atoms with Crippen LogP contribution in [0.2, 0.25) is 0 Å². The van der Waals surface area contributed by atoms with Crippen LogP contribution in [0.15, 0.2) is 47.0 Å². The maximum absolute atomic E-state index is 13.6. The molecule has 38 heavy (non-hydrogen) atoms. The summed E-state index contributed by atoms with van der Waals surface area (Å²) in [4.78, 5) is 32.7. The standard InChI is InChI=1S/C28H37N7O3/c1-5-21-11-12-22(28-31-20(3)38-32-28)15-25(21)34(18-26(36)30-14-13-29-6-2)19-27(37)33(4)35-16-23-9-7-8-10-24(23)17-35/h7-12,15,29H,5-6,13-14,16-19H2,1-4H3,(H,30,36). The number of amides is 2. The van der Waals surface area contributed by atoms with E-state index in [1.807, 2.05) is 47.2 Å². The van der Waals surface area contributed by atoms with Gasteiger partial charge in [-0.15, -0.1) is 0 Å². The van der Waals surface area contributed by atoms with Crippen molar-refractivity contribution in [3.63, 3.8) is 0 Å². The fraction of sp³-hybridized carbons (Fsp3) is 0.429. The van der Waals surface area contributed by atoms with E-state index >= 15 is 0 Å². The number of hydrogen-bond acceptors (Lipinski definition) is 8. The van der Waals surface area contributed by atoms with E-state index in [0.29, 0.717) is 37.9 Å². The van der Waals surface area contributed by atoms with Crippen molar-refractivity contribution in [1.82, 2.24) is 30.8 Å². The highest BCUT2D eigenvalue weighted by Crippen LogP contribution is 2.28. The van der Waals surface area contributed by atoms with E-state index in [9.17, 15) is 9.59 Å². The summed E-state index contributed by atoms with van der Waals surface area (Å²) in [6.45, 7) is 9.32. The molecule has 4 rings (SSSR count). The van der Waals surface area contributed by atoms with Gasteiger partial charge in [-0.25, -0.2) is 5.01 Å². The lowest BCUT2D eigenvalue weighted by Gasteiger charge is -2.32. The first-order valence-corrected chi connectivity index (χ1v) is 13.1. The minimum atomic E-state index is -0.144. The molecule has 3 aromatic rings. The molecule has 1 aromatic heterocycles. The van der Waals surface area contributed by atoms with Gasteiger partial charge in [0, 0.05) is 51.4 Å². The van der Waals surface area contributed by atoms with Crippen molar-refractivity contribution in [1.29, 1.82) is 0 Å². The number of hydrazine groups is 1. The van der Waals surface area contributed by atoms with Gasteiger partial charge in [-0.3, -0.25) is 14.6 Å². The molecule has 10 nitrogen and oxygen atoms in total. The third kappa shape index (κ3) is 6.56. The summed E-state index contributed by atoms with van der Waals surface area (Å²) in [5.41, 5.74) is 5.04. The lowest BCUT2D eigenvalue weighted by molar-refractivity contribution is -0.145. The van der Waals surface area contributed by atoms with E-state index < -0.39 is 0 Å². The number of carbonyl (C=O) groups excluding carboxylic acids is 2. The van der Waals surface area contributed by atoms with Crippen LogP contribution in [0.5, 0.6) is 0 Å². The Kier molecular flexibility index (Phi) is 9.09. The van der Waals surface area contributed by atoms with Crippen LogP contribution < -0.4 is 15.5 Å². The number of fused-ring (bicyclic) bond motifs is 1. The van der Waals surface area contributed by atoms with Crippen LogP contribution in [-0.4, -0.2) is 71.7 Å². The Morgan fingerprint density at radius 3 is 2.42 bits per heavy atom. The van der Waals surface area contributed by atoms with Crippen molar-refractivity contribution in [2.45, 2.75) is 40.3 Å². The van der Waals surface area contributed by atoms with Crippen molar-refractivity contribution in [3.05, 3.63) is 65.0 Å². The molecule has 1 aliphatic heterocycles. The van der Waals surface area contributed by atoms with E-state index in [2.05, 4.69) is 39.8 Å². The van der Waals surface area contributed by atoms with Crippen molar-refractivity contribution in [2.24, 2.45) is 0 Å².